The van der Waals surface area contributed by atoms with Crippen LogP contribution < -0.4 is 11.1 Å². The van der Waals surface area contributed by atoms with Crippen LogP contribution in [0.5, 0.6) is 0 Å². The number of nitrogens with zero attached hydrogens (tertiary/aromatic N) is 4. The van der Waals surface area contributed by atoms with Gasteiger partial charge in [0.25, 0.3) is 0 Å². The Hall–Kier alpha value is -2.41. The van der Waals surface area contributed by atoms with Gasteiger partial charge in [-0.15, -0.1) is 5.10 Å². The highest BCUT2D eigenvalue weighted by Crippen LogP contribution is 2.38. The number of carbonyl (C=O) groups excluding carboxylic acids is 1. The van der Waals surface area contributed by atoms with Gasteiger partial charge in [-0.3, -0.25) is 4.68 Å². The van der Waals surface area contributed by atoms with Crippen molar-refractivity contribution in [1.29, 1.82) is 0 Å². The lowest BCUT2D eigenvalue weighted by atomic mass is 10.2. The molecule has 1 saturated heterocycles. The van der Waals surface area contributed by atoms with Crippen molar-refractivity contribution in [2.45, 2.75) is 50.7 Å². The number of nitrogens with two attached hydrogens (primary N) is 1. The van der Waals surface area contributed by atoms with Gasteiger partial charge in [0.1, 0.15) is 0 Å². The third-order valence-electron chi connectivity index (χ3n) is 5.07. The van der Waals surface area contributed by atoms with Gasteiger partial charge in [-0.2, -0.15) is 0 Å². The van der Waals surface area contributed by atoms with Crippen molar-refractivity contribution in [3.8, 4) is 0 Å². The van der Waals surface area contributed by atoms with Gasteiger partial charge in [-0.05, 0) is 37.3 Å². The smallest absolute Gasteiger partial charge is 0.322 e. The second kappa shape index (κ2) is 6.84. The Balaban J connectivity index is 1.42. The van der Waals surface area contributed by atoms with E-state index in [2.05, 4.69) is 15.6 Å². The fourth-order valence-electron chi connectivity index (χ4n) is 3.48. The van der Waals surface area contributed by atoms with E-state index in [0.29, 0.717) is 19.0 Å². The molecule has 1 aliphatic heterocycles. The van der Waals surface area contributed by atoms with E-state index in [-0.39, 0.29) is 12.1 Å². The number of anilines is 1. The van der Waals surface area contributed by atoms with Crippen LogP contribution in [0, 0.1) is 0 Å². The second-order valence-electron chi connectivity index (χ2n) is 6.92. The summed E-state index contributed by atoms with van der Waals surface area (Å²) in [5.74, 6) is 0.601. The van der Waals surface area contributed by atoms with Crippen LogP contribution in [0.2, 0.25) is 0 Å². The van der Waals surface area contributed by atoms with Crippen LogP contribution in [0.4, 0.5) is 10.5 Å². The normalized spacial score (nSPS) is 20.0. The molecule has 7 nitrogen and oxygen atoms in total. The molecule has 1 saturated carbocycles. The Labute approximate surface area is 147 Å². The molecule has 1 aromatic carbocycles. The first kappa shape index (κ1) is 16.1. The minimum Gasteiger partial charge on any atom is -0.326 e. The zero-order valence-corrected chi connectivity index (χ0v) is 14.3. The highest BCUT2D eigenvalue weighted by Gasteiger charge is 2.31. The van der Waals surface area contributed by atoms with Gasteiger partial charge >= 0.3 is 6.03 Å². The molecule has 0 unspecified atom stereocenters. The number of hydrogen-bond donors (Lipinski definition) is 2. The van der Waals surface area contributed by atoms with Crippen molar-refractivity contribution < 1.29 is 4.79 Å². The monoisotopic (exact) mass is 340 g/mol. The maximum absolute atomic E-state index is 12.7. The average molecular weight is 340 g/mol. The van der Waals surface area contributed by atoms with Gasteiger partial charge in [0.2, 0.25) is 0 Å². The predicted octanol–water partition coefficient (Wildman–Crippen LogP) is 2.31. The SMILES string of the molecule is NCc1ccccc1NC(=O)N1CCC[C@H]1Cn1cc(C2CC2)nn1. The highest BCUT2D eigenvalue weighted by atomic mass is 16.2. The van der Waals surface area contributed by atoms with Crippen molar-refractivity contribution in [2.75, 3.05) is 11.9 Å². The summed E-state index contributed by atoms with van der Waals surface area (Å²) in [7, 11) is 0. The maximum Gasteiger partial charge on any atom is 0.322 e. The van der Waals surface area contributed by atoms with Crippen molar-refractivity contribution in [1.82, 2.24) is 19.9 Å². The van der Waals surface area contributed by atoms with Gasteiger partial charge in [0.05, 0.1) is 18.3 Å². The van der Waals surface area contributed by atoms with Crippen LogP contribution in [-0.2, 0) is 13.1 Å². The number of likely N-dealkylation sites (tertiary alicyclic amines) is 1. The standard InChI is InChI=1S/C18H24N6O/c19-10-14-4-1-2-6-16(14)20-18(25)24-9-3-5-15(24)11-23-12-17(21-22-23)13-7-8-13/h1-2,4,6,12-13,15H,3,5,7-11,19H2,(H,20,25)/t15-/m0/s1. The number of urea groups is 1. The number of carbonyl (C=O) groups is 1. The van der Waals surface area contributed by atoms with Crippen molar-refractivity contribution in [3.63, 3.8) is 0 Å². The molecule has 0 bridgehead atoms. The average Bonchev–Trinajstić information content (AvgIpc) is 3.19. The van der Waals surface area contributed by atoms with E-state index in [1.165, 1.54) is 12.8 Å². The summed E-state index contributed by atoms with van der Waals surface area (Å²) in [5.41, 5.74) is 8.58. The molecule has 4 rings (SSSR count). The summed E-state index contributed by atoms with van der Waals surface area (Å²) in [5, 5.41) is 11.5. The molecular weight excluding hydrogens is 316 g/mol. The molecule has 25 heavy (non-hydrogen) atoms. The molecule has 0 radical (unpaired) electrons. The molecule has 2 aromatic rings. The summed E-state index contributed by atoms with van der Waals surface area (Å²) in [6, 6.07) is 7.75. The summed E-state index contributed by atoms with van der Waals surface area (Å²) >= 11 is 0. The largest absolute Gasteiger partial charge is 0.326 e. The summed E-state index contributed by atoms with van der Waals surface area (Å²) in [6.45, 7) is 1.87. The van der Waals surface area contributed by atoms with E-state index < -0.39 is 0 Å². The lowest BCUT2D eigenvalue weighted by Crippen LogP contribution is -2.41. The molecule has 1 aromatic heterocycles. The third kappa shape index (κ3) is 3.51. The number of aromatic nitrogens is 3. The summed E-state index contributed by atoms with van der Waals surface area (Å²) < 4.78 is 1.89. The Morgan fingerprint density at radius 1 is 1.28 bits per heavy atom. The van der Waals surface area contributed by atoms with Crippen LogP contribution in [0.25, 0.3) is 0 Å². The molecule has 3 N–H and O–H groups in total. The number of nitrogens with one attached hydrogen (secondary N) is 1. The Morgan fingerprint density at radius 3 is 2.92 bits per heavy atom. The van der Waals surface area contributed by atoms with E-state index in [0.717, 1.165) is 36.3 Å². The molecule has 2 aliphatic rings. The molecule has 0 spiro atoms. The Morgan fingerprint density at radius 2 is 2.12 bits per heavy atom. The van der Waals surface area contributed by atoms with Gasteiger partial charge < -0.3 is 16.0 Å². The lowest BCUT2D eigenvalue weighted by Gasteiger charge is -2.25. The lowest BCUT2D eigenvalue weighted by molar-refractivity contribution is 0.199. The van der Waals surface area contributed by atoms with Crippen molar-refractivity contribution in [3.05, 3.63) is 41.7 Å². The zero-order chi connectivity index (χ0) is 17.2. The molecule has 2 heterocycles. The number of amides is 2. The molecule has 2 amide bonds. The third-order valence-corrected chi connectivity index (χ3v) is 5.07. The van der Waals surface area contributed by atoms with E-state index >= 15 is 0 Å². The Kier molecular flexibility index (Phi) is 4.40. The van der Waals surface area contributed by atoms with Crippen LogP contribution in [0.3, 0.4) is 0 Å². The van der Waals surface area contributed by atoms with Crippen LogP contribution in [-0.4, -0.2) is 38.5 Å². The molecule has 132 valence electrons. The minimum absolute atomic E-state index is 0.0640. The van der Waals surface area contributed by atoms with Gasteiger partial charge in [-0.1, -0.05) is 23.4 Å². The fourth-order valence-corrected chi connectivity index (χ4v) is 3.48. The van der Waals surface area contributed by atoms with Crippen LogP contribution in [0.15, 0.2) is 30.5 Å². The first-order chi connectivity index (χ1) is 12.2. The molecule has 1 atom stereocenters. The first-order valence-corrected chi connectivity index (χ1v) is 9.00. The first-order valence-electron chi connectivity index (χ1n) is 9.00. The molecular formula is C18H24N6O. The topological polar surface area (TPSA) is 89.1 Å². The van der Waals surface area contributed by atoms with E-state index in [4.69, 9.17) is 5.73 Å². The van der Waals surface area contributed by atoms with Gasteiger partial charge in [-0.25, -0.2) is 4.79 Å². The quantitative estimate of drug-likeness (QED) is 0.874. The molecule has 1 aliphatic carbocycles. The van der Waals surface area contributed by atoms with Crippen molar-refractivity contribution >= 4 is 11.7 Å². The number of benzene rings is 1. The molecule has 2 fully saturated rings. The number of hydrogen-bond acceptors (Lipinski definition) is 4. The zero-order valence-electron chi connectivity index (χ0n) is 14.3. The van der Waals surface area contributed by atoms with E-state index in [1.54, 1.807) is 0 Å². The maximum atomic E-state index is 12.7. The van der Waals surface area contributed by atoms with Crippen LogP contribution in [0.1, 0.15) is 42.9 Å². The summed E-state index contributed by atoms with van der Waals surface area (Å²) in [4.78, 5) is 14.6. The minimum atomic E-state index is -0.0640. The fraction of sp³-hybridized carbons (Fsp3) is 0.500. The highest BCUT2D eigenvalue weighted by molar-refractivity contribution is 5.90. The van der Waals surface area contributed by atoms with E-state index in [1.807, 2.05) is 40.0 Å². The van der Waals surface area contributed by atoms with E-state index in [9.17, 15) is 4.79 Å². The molecule has 7 heteroatoms. The van der Waals surface area contributed by atoms with Crippen LogP contribution >= 0.6 is 0 Å². The predicted molar refractivity (Wildman–Crippen MR) is 95.1 cm³/mol. The summed E-state index contributed by atoms with van der Waals surface area (Å²) in [6.07, 6.45) is 6.48. The van der Waals surface area contributed by atoms with Crippen molar-refractivity contribution in [2.24, 2.45) is 5.73 Å². The second-order valence-corrected chi connectivity index (χ2v) is 6.92. The van der Waals surface area contributed by atoms with Gasteiger partial charge in [0, 0.05) is 30.9 Å². The van der Waals surface area contributed by atoms with Gasteiger partial charge in [0.15, 0.2) is 0 Å². The number of rotatable bonds is 5. The number of para-hydroxylation sites is 1. The Bertz CT molecular complexity index is 754.